The standard InChI is InChI=1S/C21H25N3O5/c1-13-4-7-17(8-5-13)29-12-19(25)14(2)24-10-16(6-9-20(26)27)18(11-24)21(28)23-15(3)22/h4-5,7-8,10-11,14H,6,9,12H2,1-3H3,(H,26,27)(H2,22,23,28). The number of aliphatic carboxylic acids is 1. The maximum atomic E-state index is 12.5. The number of carbonyl (C=O) groups is 3. The van der Waals surface area contributed by atoms with E-state index >= 15 is 0 Å². The number of ketones is 1. The van der Waals surface area contributed by atoms with Crippen LogP contribution in [0.2, 0.25) is 0 Å². The number of carboxylic acids is 1. The number of nitrogens with two attached hydrogens (primary N) is 1. The summed E-state index contributed by atoms with van der Waals surface area (Å²) < 4.78 is 7.11. The van der Waals surface area contributed by atoms with Gasteiger partial charge in [0, 0.05) is 18.8 Å². The van der Waals surface area contributed by atoms with Crippen LogP contribution in [0.3, 0.4) is 0 Å². The molecule has 1 atom stereocenters. The molecule has 8 nitrogen and oxygen atoms in total. The van der Waals surface area contributed by atoms with Gasteiger partial charge in [-0.1, -0.05) is 17.7 Å². The van der Waals surface area contributed by atoms with Gasteiger partial charge in [0.1, 0.15) is 18.2 Å². The van der Waals surface area contributed by atoms with Crippen LogP contribution in [0.5, 0.6) is 5.75 Å². The van der Waals surface area contributed by atoms with Crippen molar-refractivity contribution in [2.75, 3.05) is 6.61 Å². The van der Waals surface area contributed by atoms with Crippen molar-refractivity contribution in [3.05, 3.63) is 53.3 Å². The monoisotopic (exact) mass is 399 g/mol. The molecule has 0 saturated heterocycles. The van der Waals surface area contributed by atoms with Crippen molar-refractivity contribution in [1.29, 1.82) is 0 Å². The highest BCUT2D eigenvalue weighted by Crippen LogP contribution is 2.20. The van der Waals surface area contributed by atoms with Gasteiger partial charge >= 0.3 is 5.97 Å². The minimum Gasteiger partial charge on any atom is -0.486 e. The highest BCUT2D eigenvalue weighted by Gasteiger charge is 2.21. The summed E-state index contributed by atoms with van der Waals surface area (Å²) in [5, 5.41) is 8.94. The smallest absolute Gasteiger partial charge is 0.303 e. The van der Waals surface area contributed by atoms with Gasteiger partial charge in [-0.05, 0) is 44.9 Å². The number of aryl methyl sites for hydroxylation is 2. The lowest BCUT2D eigenvalue weighted by Gasteiger charge is -2.13. The lowest BCUT2D eigenvalue weighted by molar-refractivity contribution is -0.137. The Bertz CT molecular complexity index is 924. The van der Waals surface area contributed by atoms with E-state index in [0.29, 0.717) is 11.3 Å². The molecular formula is C21H25N3O5. The molecule has 29 heavy (non-hydrogen) atoms. The van der Waals surface area contributed by atoms with Crippen molar-refractivity contribution in [2.45, 2.75) is 39.7 Å². The molecule has 1 aromatic heterocycles. The molecule has 0 aliphatic heterocycles. The first-order valence-corrected chi connectivity index (χ1v) is 9.16. The van der Waals surface area contributed by atoms with E-state index in [4.69, 9.17) is 15.6 Å². The van der Waals surface area contributed by atoms with Crippen LogP contribution in [0.25, 0.3) is 0 Å². The Labute approximate surface area is 169 Å². The second-order valence-corrected chi connectivity index (χ2v) is 6.84. The number of nitrogens with zero attached hydrogens (tertiary/aromatic N) is 2. The van der Waals surface area contributed by atoms with Crippen LogP contribution >= 0.6 is 0 Å². The van der Waals surface area contributed by atoms with E-state index in [-0.39, 0.29) is 36.6 Å². The first kappa shape index (κ1) is 21.9. The zero-order valence-corrected chi connectivity index (χ0v) is 16.7. The van der Waals surface area contributed by atoms with Crippen LogP contribution in [0.15, 0.2) is 41.7 Å². The molecule has 1 unspecified atom stereocenters. The van der Waals surface area contributed by atoms with Gasteiger partial charge < -0.3 is 20.1 Å². The normalized spacial score (nSPS) is 12.4. The minimum atomic E-state index is -0.981. The number of amidine groups is 1. The Hall–Kier alpha value is -3.42. The lowest BCUT2D eigenvalue weighted by Crippen LogP contribution is -2.21. The van der Waals surface area contributed by atoms with Gasteiger partial charge in [-0.25, -0.2) is 0 Å². The van der Waals surface area contributed by atoms with Crippen molar-refractivity contribution >= 4 is 23.5 Å². The minimum absolute atomic E-state index is 0.0996. The highest BCUT2D eigenvalue weighted by molar-refractivity contribution is 6.03. The maximum Gasteiger partial charge on any atom is 0.303 e. The Morgan fingerprint density at radius 3 is 2.45 bits per heavy atom. The first-order chi connectivity index (χ1) is 13.7. The quantitative estimate of drug-likeness (QED) is 0.493. The number of rotatable bonds is 9. The van der Waals surface area contributed by atoms with Crippen LogP contribution < -0.4 is 10.5 Å². The third-order valence-corrected chi connectivity index (χ3v) is 4.36. The van der Waals surface area contributed by atoms with Crippen molar-refractivity contribution in [3.63, 3.8) is 0 Å². The van der Waals surface area contributed by atoms with E-state index in [1.54, 1.807) is 29.8 Å². The van der Waals surface area contributed by atoms with Gasteiger partial charge in [-0.3, -0.25) is 14.4 Å². The van der Waals surface area contributed by atoms with Gasteiger partial charge in [0.05, 0.1) is 11.6 Å². The number of hydrogen-bond acceptors (Lipinski definition) is 4. The fourth-order valence-corrected chi connectivity index (χ4v) is 2.67. The summed E-state index contributed by atoms with van der Waals surface area (Å²) >= 11 is 0. The average molecular weight is 399 g/mol. The molecular weight excluding hydrogens is 374 g/mol. The van der Waals surface area contributed by atoms with Crippen LogP contribution in [-0.4, -0.2) is 39.8 Å². The van der Waals surface area contributed by atoms with Gasteiger partial charge in [-0.2, -0.15) is 4.99 Å². The summed E-state index contributed by atoms with van der Waals surface area (Å²) in [4.78, 5) is 39.5. The van der Waals surface area contributed by atoms with Crippen molar-refractivity contribution in [2.24, 2.45) is 10.7 Å². The van der Waals surface area contributed by atoms with Crippen LogP contribution in [0, 0.1) is 6.92 Å². The topological polar surface area (TPSA) is 124 Å². The number of ether oxygens (including phenoxy) is 1. The first-order valence-electron chi connectivity index (χ1n) is 9.16. The zero-order chi connectivity index (χ0) is 21.6. The molecule has 0 saturated carbocycles. The van der Waals surface area contributed by atoms with Crippen molar-refractivity contribution < 1.29 is 24.2 Å². The van der Waals surface area contributed by atoms with E-state index in [2.05, 4.69) is 4.99 Å². The second-order valence-electron chi connectivity index (χ2n) is 6.84. The molecule has 0 radical (unpaired) electrons. The molecule has 3 N–H and O–H groups in total. The summed E-state index contributed by atoms with van der Waals surface area (Å²) in [6.07, 6.45) is 3.10. The predicted molar refractivity (Wildman–Crippen MR) is 108 cm³/mol. The van der Waals surface area contributed by atoms with E-state index in [1.165, 1.54) is 13.1 Å². The maximum absolute atomic E-state index is 12.5. The largest absolute Gasteiger partial charge is 0.486 e. The molecule has 0 aliphatic rings. The molecule has 0 spiro atoms. The molecule has 1 aromatic carbocycles. The van der Waals surface area contributed by atoms with E-state index in [1.807, 2.05) is 19.1 Å². The fraction of sp³-hybridized carbons (Fsp3) is 0.333. The van der Waals surface area contributed by atoms with Crippen LogP contribution in [0.4, 0.5) is 0 Å². The van der Waals surface area contributed by atoms with Crippen molar-refractivity contribution in [3.8, 4) is 5.75 Å². The molecule has 1 amide bonds. The van der Waals surface area contributed by atoms with Crippen LogP contribution in [-0.2, 0) is 16.0 Å². The lowest BCUT2D eigenvalue weighted by atomic mass is 10.1. The average Bonchev–Trinajstić information content (AvgIpc) is 3.09. The zero-order valence-electron chi connectivity index (χ0n) is 16.7. The molecule has 8 heteroatoms. The van der Waals surface area contributed by atoms with Gasteiger partial charge in [0.2, 0.25) is 0 Å². The molecule has 154 valence electrons. The van der Waals surface area contributed by atoms with Gasteiger partial charge in [0.15, 0.2) is 5.78 Å². The third kappa shape index (κ3) is 6.31. The Balaban J connectivity index is 2.16. The number of aliphatic imine (C=N–C) groups is 1. The summed E-state index contributed by atoms with van der Waals surface area (Å²) in [7, 11) is 0. The predicted octanol–water partition coefficient (Wildman–Crippen LogP) is 2.54. The molecule has 0 aliphatic carbocycles. The summed E-state index contributed by atoms with van der Waals surface area (Å²) in [6.45, 7) is 5.00. The third-order valence-electron chi connectivity index (χ3n) is 4.36. The molecule has 2 aromatic rings. The number of carbonyl (C=O) groups excluding carboxylic acids is 2. The number of Topliss-reactive ketones (excluding diaryl/α,β-unsaturated/α-hetero) is 1. The van der Waals surface area contributed by atoms with Crippen molar-refractivity contribution in [1.82, 2.24) is 4.57 Å². The van der Waals surface area contributed by atoms with E-state index in [9.17, 15) is 14.4 Å². The van der Waals surface area contributed by atoms with E-state index < -0.39 is 17.9 Å². The number of amides is 1. The Kier molecular flexibility index (Phi) is 7.30. The Morgan fingerprint density at radius 1 is 1.21 bits per heavy atom. The number of aromatic nitrogens is 1. The summed E-state index contributed by atoms with van der Waals surface area (Å²) in [5.41, 5.74) is 7.30. The SMILES string of the molecule is CC(N)=NC(=O)c1cn(C(C)C(=O)COc2ccc(C)cc2)cc1CCC(=O)O. The summed E-state index contributed by atoms with van der Waals surface area (Å²) in [6, 6.07) is 6.76. The number of benzene rings is 1. The number of carboxylic acid groups (broad SMARTS) is 1. The molecule has 1 heterocycles. The van der Waals surface area contributed by atoms with Crippen LogP contribution in [0.1, 0.15) is 47.8 Å². The molecule has 0 fully saturated rings. The second kappa shape index (κ2) is 9.68. The van der Waals surface area contributed by atoms with Gasteiger partial charge in [-0.15, -0.1) is 0 Å². The molecule has 0 bridgehead atoms. The van der Waals surface area contributed by atoms with E-state index in [0.717, 1.165) is 5.56 Å². The summed E-state index contributed by atoms with van der Waals surface area (Å²) in [5.74, 6) is -1.05. The highest BCUT2D eigenvalue weighted by atomic mass is 16.5. The molecule has 2 rings (SSSR count). The number of hydrogen-bond donors (Lipinski definition) is 2. The van der Waals surface area contributed by atoms with Gasteiger partial charge in [0.25, 0.3) is 5.91 Å². The Morgan fingerprint density at radius 2 is 1.86 bits per heavy atom. The fourth-order valence-electron chi connectivity index (χ4n) is 2.67.